The second-order valence-corrected chi connectivity index (χ2v) is 4.94. The summed E-state index contributed by atoms with van der Waals surface area (Å²) < 4.78 is 5.38. The summed E-state index contributed by atoms with van der Waals surface area (Å²) in [6, 6.07) is 0.520. The van der Waals surface area contributed by atoms with Gasteiger partial charge in [0.25, 0.3) is 0 Å². The molecule has 0 unspecified atom stereocenters. The summed E-state index contributed by atoms with van der Waals surface area (Å²) >= 11 is 0. The van der Waals surface area contributed by atoms with E-state index in [4.69, 9.17) is 10.2 Å². The molecule has 3 N–H and O–H groups in total. The summed E-state index contributed by atoms with van der Waals surface area (Å²) in [6.45, 7) is 3.70. The summed E-state index contributed by atoms with van der Waals surface area (Å²) in [5.41, 5.74) is 5.42. The van der Waals surface area contributed by atoms with Crippen LogP contribution in [0.4, 0.5) is 6.01 Å². The molecule has 1 heterocycles. The van der Waals surface area contributed by atoms with Crippen molar-refractivity contribution < 1.29 is 4.42 Å². The molecular formula is C14H28N4O. The topological polar surface area (TPSA) is 77.0 Å². The standard InChI is InChI=1S/C14H28N4O/c1-2-3-4-5-6-7-8-9-12-16-14-18-17-13(19-14)10-11-15/h2-12,15H2,1H3,(H,16,18). The monoisotopic (exact) mass is 268 g/mol. The number of aromatic nitrogens is 2. The summed E-state index contributed by atoms with van der Waals surface area (Å²) in [7, 11) is 0. The van der Waals surface area contributed by atoms with Gasteiger partial charge in [0.05, 0.1) is 0 Å². The van der Waals surface area contributed by atoms with Gasteiger partial charge in [0.1, 0.15) is 0 Å². The number of nitrogens with two attached hydrogens (primary N) is 1. The zero-order chi connectivity index (χ0) is 13.8. The van der Waals surface area contributed by atoms with Crippen LogP contribution in [-0.2, 0) is 6.42 Å². The van der Waals surface area contributed by atoms with Gasteiger partial charge in [0.15, 0.2) is 0 Å². The highest BCUT2D eigenvalue weighted by Crippen LogP contribution is 2.09. The first-order valence-corrected chi connectivity index (χ1v) is 7.63. The van der Waals surface area contributed by atoms with Gasteiger partial charge in [0, 0.05) is 19.5 Å². The quantitative estimate of drug-likeness (QED) is 0.569. The van der Waals surface area contributed by atoms with Crippen LogP contribution in [0.1, 0.15) is 64.2 Å². The second-order valence-electron chi connectivity index (χ2n) is 4.94. The summed E-state index contributed by atoms with van der Waals surface area (Å²) in [5.74, 6) is 0.612. The van der Waals surface area contributed by atoms with Gasteiger partial charge in [-0.1, -0.05) is 57.0 Å². The number of hydrogen-bond donors (Lipinski definition) is 2. The average Bonchev–Trinajstić information content (AvgIpc) is 2.85. The number of nitrogens with one attached hydrogen (secondary N) is 1. The van der Waals surface area contributed by atoms with Crippen LogP contribution in [0, 0.1) is 0 Å². The van der Waals surface area contributed by atoms with Crippen molar-refractivity contribution in [1.82, 2.24) is 10.2 Å². The third kappa shape index (κ3) is 7.82. The number of rotatable bonds is 12. The molecule has 1 aromatic heterocycles. The molecule has 0 spiro atoms. The molecule has 1 rings (SSSR count). The van der Waals surface area contributed by atoms with Crippen LogP contribution in [0.5, 0.6) is 0 Å². The normalized spacial score (nSPS) is 10.8. The Kier molecular flexibility index (Phi) is 9.06. The summed E-state index contributed by atoms with van der Waals surface area (Å²) in [4.78, 5) is 0. The third-order valence-electron chi connectivity index (χ3n) is 3.13. The third-order valence-corrected chi connectivity index (χ3v) is 3.13. The largest absolute Gasteiger partial charge is 0.408 e. The van der Waals surface area contributed by atoms with Crippen LogP contribution >= 0.6 is 0 Å². The minimum atomic E-state index is 0.520. The molecule has 0 saturated heterocycles. The van der Waals surface area contributed by atoms with Gasteiger partial charge in [-0.3, -0.25) is 0 Å². The Hall–Kier alpha value is -1.10. The maximum atomic E-state index is 5.42. The van der Waals surface area contributed by atoms with Crippen molar-refractivity contribution in [3.8, 4) is 0 Å². The van der Waals surface area contributed by atoms with Crippen LogP contribution in [-0.4, -0.2) is 23.3 Å². The van der Waals surface area contributed by atoms with Crippen molar-refractivity contribution in [3.63, 3.8) is 0 Å². The molecule has 0 aromatic carbocycles. The minimum absolute atomic E-state index is 0.520. The Morgan fingerprint density at radius 2 is 1.68 bits per heavy atom. The molecule has 0 bridgehead atoms. The molecule has 1 aromatic rings. The highest BCUT2D eigenvalue weighted by Gasteiger charge is 2.03. The van der Waals surface area contributed by atoms with Crippen molar-refractivity contribution in [2.75, 3.05) is 18.4 Å². The number of unbranched alkanes of at least 4 members (excludes halogenated alkanes) is 7. The minimum Gasteiger partial charge on any atom is -0.408 e. The molecule has 0 aliphatic rings. The van der Waals surface area contributed by atoms with Gasteiger partial charge in [0.2, 0.25) is 5.89 Å². The first-order chi connectivity index (χ1) is 9.36. The highest BCUT2D eigenvalue weighted by molar-refractivity contribution is 5.16. The van der Waals surface area contributed by atoms with Gasteiger partial charge in [-0.05, 0) is 6.42 Å². The van der Waals surface area contributed by atoms with Crippen molar-refractivity contribution in [2.24, 2.45) is 5.73 Å². The lowest BCUT2D eigenvalue weighted by Crippen LogP contribution is -2.02. The Morgan fingerprint density at radius 1 is 1.00 bits per heavy atom. The number of anilines is 1. The maximum absolute atomic E-state index is 5.42. The molecule has 0 amide bonds. The fraction of sp³-hybridized carbons (Fsp3) is 0.857. The van der Waals surface area contributed by atoms with Gasteiger partial charge in [-0.25, -0.2) is 0 Å². The van der Waals surface area contributed by atoms with Gasteiger partial charge < -0.3 is 15.5 Å². The summed E-state index contributed by atoms with van der Waals surface area (Å²) in [6.07, 6.45) is 11.2. The molecule has 5 heteroatoms. The molecular weight excluding hydrogens is 240 g/mol. The van der Waals surface area contributed by atoms with E-state index in [0.29, 0.717) is 24.9 Å². The molecule has 110 valence electrons. The molecule has 19 heavy (non-hydrogen) atoms. The predicted octanol–water partition coefficient (Wildman–Crippen LogP) is 3.12. The van der Waals surface area contributed by atoms with E-state index in [1.165, 1.54) is 44.9 Å². The first kappa shape index (κ1) is 16.0. The van der Waals surface area contributed by atoms with E-state index < -0.39 is 0 Å². The van der Waals surface area contributed by atoms with Crippen LogP contribution in [0.3, 0.4) is 0 Å². The molecule has 0 saturated carbocycles. The smallest absolute Gasteiger partial charge is 0.315 e. The van der Waals surface area contributed by atoms with Crippen molar-refractivity contribution in [2.45, 2.75) is 64.7 Å². The predicted molar refractivity (Wildman–Crippen MR) is 78.2 cm³/mol. The lowest BCUT2D eigenvalue weighted by molar-refractivity contribution is 0.504. The van der Waals surface area contributed by atoms with Gasteiger partial charge >= 0.3 is 6.01 Å². The molecule has 0 fully saturated rings. The maximum Gasteiger partial charge on any atom is 0.315 e. The van der Waals surface area contributed by atoms with Crippen molar-refractivity contribution in [3.05, 3.63) is 5.89 Å². The van der Waals surface area contributed by atoms with Crippen LogP contribution in [0.2, 0.25) is 0 Å². The lowest BCUT2D eigenvalue weighted by Gasteiger charge is -2.02. The fourth-order valence-electron chi connectivity index (χ4n) is 2.00. The Morgan fingerprint density at radius 3 is 2.37 bits per heavy atom. The van der Waals surface area contributed by atoms with E-state index in [-0.39, 0.29) is 0 Å². The Labute approximate surface area is 116 Å². The van der Waals surface area contributed by atoms with E-state index >= 15 is 0 Å². The van der Waals surface area contributed by atoms with Crippen LogP contribution in [0.25, 0.3) is 0 Å². The number of hydrogen-bond acceptors (Lipinski definition) is 5. The lowest BCUT2D eigenvalue weighted by atomic mass is 10.1. The van der Waals surface area contributed by atoms with Crippen LogP contribution < -0.4 is 11.1 Å². The molecule has 0 aliphatic carbocycles. The SMILES string of the molecule is CCCCCCCCCCNc1nnc(CCN)o1. The average molecular weight is 268 g/mol. The van der Waals surface area contributed by atoms with Gasteiger partial charge in [-0.2, -0.15) is 0 Å². The van der Waals surface area contributed by atoms with Crippen LogP contribution in [0.15, 0.2) is 4.42 Å². The zero-order valence-electron chi connectivity index (χ0n) is 12.2. The number of nitrogens with zero attached hydrogens (tertiary/aromatic N) is 2. The molecule has 5 nitrogen and oxygen atoms in total. The van der Waals surface area contributed by atoms with E-state index in [1.54, 1.807) is 0 Å². The van der Waals surface area contributed by atoms with Gasteiger partial charge in [-0.15, -0.1) is 5.10 Å². The molecule has 0 atom stereocenters. The van der Waals surface area contributed by atoms with E-state index in [1.807, 2.05) is 0 Å². The highest BCUT2D eigenvalue weighted by atomic mass is 16.4. The molecule has 0 radical (unpaired) electrons. The Bertz CT molecular complexity index is 314. The van der Waals surface area contributed by atoms with E-state index in [0.717, 1.165) is 13.0 Å². The fourth-order valence-corrected chi connectivity index (χ4v) is 2.00. The Balaban J connectivity index is 1.92. The molecule has 0 aliphatic heterocycles. The second kappa shape index (κ2) is 10.8. The summed E-state index contributed by atoms with van der Waals surface area (Å²) in [5, 5.41) is 11.0. The van der Waals surface area contributed by atoms with E-state index in [9.17, 15) is 0 Å². The van der Waals surface area contributed by atoms with Crippen molar-refractivity contribution in [1.29, 1.82) is 0 Å². The zero-order valence-corrected chi connectivity index (χ0v) is 12.2. The van der Waals surface area contributed by atoms with E-state index in [2.05, 4.69) is 22.4 Å². The first-order valence-electron chi connectivity index (χ1n) is 7.63. The van der Waals surface area contributed by atoms with Crippen molar-refractivity contribution >= 4 is 6.01 Å².